The van der Waals surface area contributed by atoms with Crippen LogP contribution in [-0.4, -0.2) is 27.3 Å². The molecule has 0 aromatic carbocycles. The molecule has 0 amide bonds. The second-order valence-corrected chi connectivity index (χ2v) is 6.14. The van der Waals surface area contributed by atoms with Crippen LogP contribution in [0, 0.1) is 6.92 Å². The lowest BCUT2D eigenvalue weighted by Gasteiger charge is -2.14. The number of hydrogen-bond donors (Lipinski definition) is 1. The van der Waals surface area contributed by atoms with Gasteiger partial charge >= 0.3 is 0 Å². The van der Waals surface area contributed by atoms with Crippen LogP contribution in [0.15, 0.2) is 16.7 Å². The van der Waals surface area contributed by atoms with Gasteiger partial charge in [-0.05, 0) is 20.0 Å². The van der Waals surface area contributed by atoms with E-state index in [9.17, 15) is 0 Å². The van der Waals surface area contributed by atoms with Gasteiger partial charge in [0.05, 0.1) is 17.9 Å². The Kier molecular flexibility index (Phi) is 3.75. The van der Waals surface area contributed by atoms with Gasteiger partial charge in [0.25, 0.3) is 0 Å². The van der Waals surface area contributed by atoms with Gasteiger partial charge < -0.3 is 4.52 Å². The topological polar surface area (TPSA) is 58.0 Å². The van der Waals surface area contributed by atoms with Crippen LogP contribution in [0.2, 0.25) is 0 Å². The van der Waals surface area contributed by atoms with Crippen LogP contribution >= 0.6 is 0 Å². The molecule has 0 aliphatic carbocycles. The van der Waals surface area contributed by atoms with Crippen LogP contribution in [0.4, 0.5) is 0 Å². The van der Waals surface area contributed by atoms with Crippen molar-refractivity contribution in [3.63, 3.8) is 0 Å². The zero-order chi connectivity index (χ0) is 14.0. The quantitative estimate of drug-likeness (QED) is 0.920. The normalized spacial score (nSPS) is 12.3. The zero-order valence-electron chi connectivity index (χ0n) is 12.3. The third-order valence-corrected chi connectivity index (χ3v) is 2.94. The van der Waals surface area contributed by atoms with Gasteiger partial charge in [-0.3, -0.25) is 10.00 Å². The molecule has 0 saturated carbocycles. The fourth-order valence-electron chi connectivity index (χ4n) is 1.93. The third kappa shape index (κ3) is 3.67. The molecular formula is C14H22N4O. The van der Waals surface area contributed by atoms with E-state index < -0.39 is 0 Å². The number of nitrogens with zero attached hydrogens (tertiary/aromatic N) is 3. The maximum atomic E-state index is 5.21. The van der Waals surface area contributed by atoms with Crippen molar-refractivity contribution in [2.45, 2.75) is 46.2 Å². The molecule has 104 valence electrons. The van der Waals surface area contributed by atoms with E-state index in [2.05, 4.69) is 54.1 Å². The highest BCUT2D eigenvalue weighted by molar-refractivity contribution is 5.16. The summed E-state index contributed by atoms with van der Waals surface area (Å²) >= 11 is 0. The van der Waals surface area contributed by atoms with Gasteiger partial charge in [0, 0.05) is 23.7 Å². The Morgan fingerprint density at radius 2 is 2.00 bits per heavy atom. The number of rotatable bonds is 4. The molecule has 0 fully saturated rings. The Morgan fingerprint density at radius 1 is 1.26 bits per heavy atom. The van der Waals surface area contributed by atoms with Crippen LogP contribution in [0.5, 0.6) is 0 Å². The summed E-state index contributed by atoms with van der Waals surface area (Å²) in [6.45, 7) is 9.96. The first kappa shape index (κ1) is 13.8. The molecule has 0 spiro atoms. The molecule has 0 atom stereocenters. The standard InChI is InChI=1S/C14H22N4O/c1-10-6-12(19-17-10)9-18(5)8-11-7-13(16-15-11)14(2,3)4/h6-7H,8-9H2,1-5H3,(H,15,16). The molecule has 0 bridgehead atoms. The van der Waals surface area contributed by atoms with Gasteiger partial charge in [0.2, 0.25) is 0 Å². The lowest BCUT2D eigenvalue weighted by molar-refractivity contribution is 0.263. The van der Waals surface area contributed by atoms with Crippen molar-refractivity contribution in [2.24, 2.45) is 0 Å². The van der Waals surface area contributed by atoms with Crippen LogP contribution in [0.1, 0.15) is 43.6 Å². The van der Waals surface area contributed by atoms with Crippen molar-refractivity contribution >= 4 is 0 Å². The summed E-state index contributed by atoms with van der Waals surface area (Å²) in [5, 5.41) is 11.4. The summed E-state index contributed by atoms with van der Waals surface area (Å²) in [6, 6.07) is 4.09. The Hall–Kier alpha value is -1.62. The molecule has 5 heteroatoms. The average molecular weight is 262 g/mol. The minimum absolute atomic E-state index is 0.0787. The minimum Gasteiger partial charge on any atom is -0.360 e. The fourth-order valence-corrected chi connectivity index (χ4v) is 1.93. The summed E-state index contributed by atoms with van der Waals surface area (Å²) < 4.78 is 5.21. The van der Waals surface area contributed by atoms with E-state index in [0.717, 1.165) is 35.9 Å². The summed E-state index contributed by atoms with van der Waals surface area (Å²) in [5.41, 5.74) is 3.20. The van der Waals surface area contributed by atoms with Crippen molar-refractivity contribution in [1.82, 2.24) is 20.3 Å². The molecule has 19 heavy (non-hydrogen) atoms. The molecule has 0 aliphatic heterocycles. The first-order valence-corrected chi connectivity index (χ1v) is 6.50. The van der Waals surface area contributed by atoms with Crippen molar-refractivity contribution in [1.29, 1.82) is 0 Å². The second kappa shape index (κ2) is 5.17. The summed E-state index contributed by atoms with van der Waals surface area (Å²) in [6.07, 6.45) is 0. The fraction of sp³-hybridized carbons (Fsp3) is 0.571. The molecule has 2 aromatic rings. The average Bonchev–Trinajstić information content (AvgIpc) is 2.87. The molecule has 2 heterocycles. The number of H-pyrrole nitrogens is 1. The molecule has 5 nitrogen and oxygen atoms in total. The highest BCUT2D eigenvalue weighted by Crippen LogP contribution is 2.20. The maximum absolute atomic E-state index is 5.21. The van der Waals surface area contributed by atoms with Crippen molar-refractivity contribution in [3.05, 3.63) is 35.0 Å². The van der Waals surface area contributed by atoms with E-state index in [1.807, 2.05) is 13.0 Å². The minimum atomic E-state index is 0.0787. The maximum Gasteiger partial charge on any atom is 0.150 e. The van der Waals surface area contributed by atoms with Crippen molar-refractivity contribution in [3.8, 4) is 0 Å². The molecular weight excluding hydrogens is 240 g/mol. The van der Waals surface area contributed by atoms with Crippen LogP contribution in [0.3, 0.4) is 0 Å². The summed E-state index contributed by atoms with van der Waals surface area (Å²) in [7, 11) is 2.05. The van der Waals surface area contributed by atoms with Gasteiger partial charge in [0.1, 0.15) is 0 Å². The number of nitrogens with one attached hydrogen (secondary N) is 1. The molecule has 0 unspecified atom stereocenters. The molecule has 2 aromatic heterocycles. The number of aryl methyl sites for hydroxylation is 1. The Morgan fingerprint density at radius 3 is 2.53 bits per heavy atom. The van der Waals surface area contributed by atoms with Gasteiger partial charge in [0.15, 0.2) is 5.76 Å². The Labute approximate surface area is 114 Å². The number of aromatic amines is 1. The highest BCUT2D eigenvalue weighted by atomic mass is 16.5. The van der Waals surface area contributed by atoms with Crippen molar-refractivity contribution in [2.75, 3.05) is 7.05 Å². The second-order valence-electron chi connectivity index (χ2n) is 6.14. The Bertz CT molecular complexity index is 536. The molecule has 2 rings (SSSR count). The highest BCUT2D eigenvalue weighted by Gasteiger charge is 2.17. The number of aromatic nitrogens is 3. The Balaban J connectivity index is 1.95. The van der Waals surface area contributed by atoms with Crippen molar-refractivity contribution < 1.29 is 4.52 Å². The van der Waals surface area contributed by atoms with E-state index in [4.69, 9.17) is 4.52 Å². The van der Waals surface area contributed by atoms with Gasteiger partial charge in [-0.1, -0.05) is 25.9 Å². The van der Waals surface area contributed by atoms with Crippen LogP contribution in [-0.2, 0) is 18.5 Å². The van der Waals surface area contributed by atoms with E-state index in [0.29, 0.717) is 0 Å². The van der Waals surface area contributed by atoms with Gasteiger partial charge in [-0.2, -0.15) is 5.10 Å². The summed E-state index contributed by atoms with van der Waals surface area (Å²) in [5.74, 6) is 0.885. The van der Waals surface area contributed by atoms with Gasteiger partial charge in [-0.15, -0.1) is 0 Å². The smallest absolute Gasteiger partial charge is 0.150 e. The molecule has 0 aliphatic rings. The SMILES string of the molecule is Cc1cc(CN(C)Cc2cc(C(C)(C)C)n[nH]2)on1. The largest absolute Gasteiger partial charge is 0.360 e. The van der Waals surface area contributed by atoms with E-state index >= 15 is 0 Å². The first-order valence-electron chi connectivity index (χ1n) is 6.50. The van der Waals surface area contributed by atoms with E-state index in [1.54, 1.807) is 0 Å². The number of hydrogen-bond acceptors (Lipinski definition) is 4. The zero-order valence-corrected chi connectivity index (χ0v) is 12.3. The first-order chi connectivity index (χ1) is 8.84. The third-order valence-electron chi connectivity index (χ3n) is 2.94. The van der Waals surface area contributed by atoms with E-state index in [1.165, 1.54) is 0 Å². The van der Waals surface area contributed by atoms with Crippen LogP contribution < -0.4 is 0 Å². The molecule has 0 radical (unpaired) electrons. The summed E-state index contributed by atoms with van der Waals surface area (Å²) in [4.78, 5) is 2.17. The predicted octanol–water partition coefficient (Wildman–Crippen LogP) is 2.64. The van der Waals surface area contributed by atoms with Crippen LogP contribution in [0.25, 0.3) is 0 Å². The monoisotopic (exact) mass is 262 g/mol. The lowest BCUT2D eigenvalue weighted by atomic mass is 9.92. The van der Waals surface area contributed by atoms with Gasteiger partial charge in [-0.25, -0.2) is 0 Å². The van der Waals surface area contributed by atoms with E-state index in [-0.39, 0.29) is 5.41 Å². The molecule has 0 saturated heterocycles. The molecule has 1 N–H and O–H groups in total. The predicted molar refractivity (Wildman–Crippen MR) is 73.7 cm³/mol. The lowest BCUT2D eigenvalue weighted by Crippen LogP contribution is -2.17.